The van der Waals surface area contributed by atoms with Gasteiger partial charge in [-0.15, -0.1) is 0 Å². The van der Waals surface area contributed by atoms with Crippen LogP contribution in [0.25, 0.3) is 0 Å². The Hall–Kier alpha value is -2.86. The van der Waals surface area contributed by atoms with Crippen molar-refractivity contribution in [2.75, 3.05) is 48.8 Å². The van der Waals surface area contributed by atoms with Crippen LogP contribution in [0.1, 0.15) is 28.8 Å². The Morgan fingerprint density at radius 1 is 0.931 bits per heavy atom. The highest BCUT2D eigenvalue weighted by Gasteiger charge is 2.29. The first-order valence-corrected chi connectivity index (χ1v) is 10.3. The van der Waals surface area contributed by atoms with Gasteiger partial charge in [0.2, 0.25) is 5.91 Å². The topological polar surface area (TPSA) is 64.7 Å². The van der Waals surface area contributed by atoms with E-state index < -0.39 is 0 Å². The van der Waals surface area contributed by atoms with Crippen molar-refractivity contribution in [1.82, 2.24) is 4.90 Å². The van der Waals surface area contributed by atoms with Gasteiger partial charge >= 0.3 is 0 Å². The van der Waals surface area contributed by atoms with Crippen LogP contribution >= 0.6 is 0 Å². The average Bonchev–Trinajstić information content (AvgIpc) is 3.56. The highest BCUT2D eigenvalue weighted by molar-refractivity contribution is 6.05. The minimum atomic E-state index is -0.152. The quantitative estimate of drug-likeness (QED) is 0.819. The lowest BCUT2D eigenvalue weighted by atomic mass is 10.1. The van der Waals surface area contributed by atoms with E-state index >= 15 is 0 Å². The Morgan fingerprint density at radius 3 is 2.24 bits per heavy atom. The number of hydrogen-bond acceptors (Lipinski definition) is 4. The van der Waals surface area contributed by atoms with Gasteiger partial charge in [0.1, 0.15) is 0 Å². The number of anilines is 3. The number of benzene rings is 2. The lowest BCUT2D eigenvalue weighted by molar-refractivity contribution is -0.117. The van der Waals surface area contributed by atoms with Crippen LogP contribution in [0.5, 0.6) is 0 Å². The van der Waals surface area contributed by atoms with Gasteiger partial charge in [-0.25, -0.2) is 0 Å². The minimum Gasteiger partial charge on any atom is -0.369 e. The normalized spacial score (nSPS) is 17.1. The van der Waals surface area contributed by atoms with Crippen LogP contribution in [0.3, 0.4) is 0 Å². The Labute approximate surface area is 171 Å². The Balaban J connectivity index is 1.38. The summed E-state index contributed by atoms with van der Waals surface area (Å²) in [5.41, 5.74) is 4.36. The van der Waals surface area contributed by atoms with Crippen LogP contribution < -0.4 is 15.5 Å². The third-order valence-corrected chi connectivity index (χ3v) is 5.69. The van der Waals surface area contributed by atoms with Gasteiger partial charge in [-0.2, -0.15) is 0 Å². The second-order valence-electron chi connectivity index (χ2n) is 8.08. The molecule has 6 nitrogen and oxygen atoms in total. The third-order valence-electron chi connectivity index (χ3n) is 5.69. The fraction of sp³-hybridized carbons (Fsp3) is 0.391. The summed E-state index contributed by atoms with van der Waals surface area (Å²) in [5.74, 6) is 0.0774. The van der Waals surface area contributed by atoms with Crippen molar-refractivity contribution in [2.24, 2.45) is 5.92 Å². The Bertz CT molecular complexity index is 898. The molecule has 0 atom stereocenters. The molecule has 6 heteroatoms. The number of aryl methyl sites for hydroxylation is 1. The van der Waals surface area contributed by atoms with Crippen LogP contribution in [0.2, 0.25) is 0 Å². The van der Waals surface area contributed by atoms with Gasteiger partial charge in [0, 0.05) is 54.7 Å². The summed E-state index contributed by atoms with van der Waals surface area (Å²) in [5, 5.41) is 5.89. The predicted molar refractivity (Wildman–Crippen MR) is 117 cm³/mol. The first-order chi connectivity index (χ1) is 14.0. The van der Waals surface area contributed by atoms with Crippen molar-refractivity contribution in [3.63, 3.8) is 0 Å². The molecule has 0 spiro atoms. The fourth-order valence-corrected chi connectivity index (χ4v) is 3.54. The maximum Gasteiger partial charge on any atom is 0.255 e. The third kappa shape index (κ3) is 4.77. The Kier molecular flexibility index (Phi) is 5.53. The number of hydrogen-bond donors (Lipinski definition) is 2. The highest BCUT2D eigenvalue weighted by Crippen LogP contribution is 2.30. The molecule has 0 aromatic heterocycles. The summed E-state index contributed by atoms with van der Waals surface area (Å²) < 4.78 is 0. The van der Waals surface area contributed by atoms with Gasteiger partial charge in [0.15, 0.2) is 0 Å². The fourth-order valence-electron chi connectivity index (χ4n) is 3.54. The van der Waals surface area contributed by atoms with Crippen LogP contribution in [-0.4, -0.2) is 49.9 Å². The SMILES string of the molecule is Cc1cc(N2CCN(C)CC2)ccc1NC(=O)c1ccc(NC(=O)C2CC2)cc1. The maximum atomic E-state index is 12.6. The molecule has 2 aliphatic rings. The molecule has 1 saturated carbocycles. The zero-order valence-corrected chi connectivity index (χ0v) is 17.1. The molecule has 1 saturated heterocycles. The largest absolute Gasteiger partial charge is 0.369 e. The molecule has 2 amide bonds. The van der Waals surface area contributed by atoms with Crippen molar-refractivity contribution in [1.29, 1.82) is 0 Å². The number of nitrogens with one attached hydrogen (secondary N) is 2. The monoisotopic (exact) mass is 392 g/mol. The van der Waals surface area contributed by atoms with Gasteiger partial charge in [0.25, 0.3) is 5.91 Å². The van der Waals surface area contributed by atoms with Crippen molar-refractivity contribution < 1.29 is 9.59 Å². The number of nitrogens with zero attached hydrogens (tertiary/aromatic N) is 2. The first-order valence-electron chi connectivity index (χ1n) is 10.3. The molecule has 152 valence electrons. The standard InChI is InChI=1S/C23H28N4O2/c1-16-15-20(27-13-11-26(2)12-14-27)9-10-21(16)25-23(29)18-5-7-19(8-6-18)24-22(28)17-3-4-17/h5-10,15,17H,3-4,11-14H2,1-2H3,(H,24,28)(H,25,29). The number of carbonyl (C=O) groups excluding carboxylic acids is 2. The number of piperazine rings is 1. The molecule has 2 N–H and O–H groups in total. The smallest absolute Gasteiger partial charge is 0.255 e. The van der Waals surface area contributed by atoms with Crippen LogP contribution in [0, 0.1) is 12.8 Å². The second-order valence-corrected chi connectivity index (χ2v) is 8.08. The zero-order valence-electron chi connectivity index (χ0n) is 17.1. The molecule has 29 heavy (non-hydrogen) atoms. The van der Waals surface area contributed by atoms with Crippen molar-refractivity contribution in [3.05, 3.63) is 53.6 Å². The predicted octanol–water partition coefficient (Wildman–Crippen LogP) is 3.35. The van der Waals surface area contributed by atoms with E-state index in [9.17, 15) is 9.59 Å². The molecule has 0 bridgehead atoms. The van der Waals surface area contributed by atoms with E-state index in [0.717, 1.165) is 56.0 Å². The van der Waals surface area contributed by atoms with Crippen LogP contribution in [0.15, 0.2) is 42.5 Å². The molecule has 1 aliphatic carbocycles. The van der Waals surface area contributed by atoms with Crippen molar-refractivity contribution in [2.45, 2.75) is 19.8 Å². The summed E-state index contributed by atoms with van der Waals surface area (Å²) in [4.78, 5) is 29.2. The molecule has 1 heterocycles. The molecule has 2 fully saturated rings. The lowest BCUT2D eigenvalue weighted by Gasteiger charge is -2.34. The molecule has 1 aliphatic heterocycles. The molecule has 2 aromatic rings. The minimum absolute atomic E-state index is 0.0678. The van der Waals surface area contributed by atoms with Crippen molar-refractivity contribution >= 4 is 28.9 Å². The van der Waals surface area contributed by atoms with Crippen LogP contribution in [-0.2, 0) is 4.79 Å². The van der Waals surface area contributed by atoms with E-state index in [2.05, 4.69) is 39.6 Å². The van der Waals surface area contributed by atoms with Crippen molar-refractivity contribution in [3.8, 4) is 0 Å². The van der Waals surface area contributed by atoms with E-state index in [1.165, 1.54) is 5.69 Å². The summed E-state index contributed by atoms with van der Waals surface area (Å²) in [7, 11) is 2.15. The number of amides is 2. The van der Waals surface area contributed by atoms with Gasteiger partial charge in [-0.1, -0.05) is 0 Å². The lowest BCUT2D eigenvalue weighted by Crippen LogP contribution is -2.44. The molecule has 2 aromatic carbocycles. The van der Waals surface area contributed by atoms with E-state index in [4.69, 9.17) is 0 Å². The highest BCUT2D eigenvalue weighted by atomic mass is 16.2. The summed E-state index contributed by atoms with van der Waals surface area (Å²) in [6.07, 6.45) is 1.94. The van der Waals surface area contributed by atoms with E-state index in [-0.39, 0.29) is 17.7 Å². The average molecular weight is 393 g/mol. The molecule has 4 rings (SSSR count). The van der Waals surface area contributed by atoms with E-state index in [1.807, 2.05) is 13.0 Å². The van der Waals surface area contributed by atoms with Crippen LogP contribution in [0.4, 0.5) is 17.1 Å². The molecule has 0 unspecified atom stereocenters. The Morgan fingerprint density at radius 2 is 1.62 bits per heavy atom. The second kappa shape index (κ2) is 8.25. The van der Waals surface area contributed by atoms with Gasteiger partial charge in [-0.3, -0.25) is 9.59 Å². The zero-order chi connectivity index (χ0) is 20.4. The summed E-state index contributed by atoms with van der Waals surface area (Å²) in [6.45, 7) is 6.19. The number of likely N-dealkylation sites (N-methyl/N-ethyl adjacent to an activating group) is 1. The summed E-state index contributed by atoms with van der Waals surface area (Å²) in [6, 6.07) is 13.2. The van der Waals surface area contributed by atoms with Gasteiger partial charge in [0.05, 0.1) is 0 Å². The first kappa shape index (κ1) is 19.5. The maximum absolute atomic E-state index is 12.6. The molecular formula is C23H28N4O2. The van der Waals surface area contributed by atoms with Gasteiger partial charge < -0.3 is 20.4 Å². The number of rotatable bonds is 5. The summed E-state index contributed by atoms with van der Waals surface area (Å²) >= 11 is 0. The molecular weight excluding hydrogens is 364 g/mol. The number of carbonyl (C=O) groups is 2. The van der Waals surface area contributed by atoms with E-state index in [1.54, 1.807) is 24.3 Å². The van der Waals surface area contributed by atoms with E-state index in [0.29, 0.717) is 5.56 Å². The molecule has 0 radical (unpaired) electrons. The van der Waals surface area contributed by atoms with Gasteiger partial charge in [-0.05, 0) is 74.8 Å².